The fraction of sp³-hybridized carbons (Fsp3) is 0.500. The lowest BCUT2D eigenvalue weighted by Gasteiger charge is -2.35. The predicted molar refractivity (Wildman–Crippen MR) is 95.9 cm³/mol. The second-order valence-electron chi connectivity index (χ2n) is 6.15. The first-order chi connectivity index (χ1) is 11.8. The molecule has 0 aliphatic carbocycles. The maximum absolute atomic E-state index is 10.1. The fourth-order valence-corrected chi connectivity index (χ4v) is 3.53. The Kier molecular flexibility index (Phi) is 6.75. The van der Waals surface area contributed by atoms with Gasteiger partial charge in [-0.3, -0.25) is 14.8 Å². The van der Waals surface area contributed by atoms with Crippen LogP contribution in [0.5, 0.6) is 0 Å². The summed E-state index contributed by atoms with van der Waals surface area (Å²) in [6.45, 7) is 6.56. The van der Waals surface area contributed by atoms with Gasteiger partial charge in [-0.25, -0.2) is 0 Å². The highest BCUT2D eigenvalue weighted by atomic mass is 32.1. The molecule has 0 saturated carbocycles. The number of aliphatic hydroxyl groups is 1. The highest BCUT2D eigenvalue weighted by molar-refractivity contribution is 7.09. The highest BCUT2D eigenvalue weighted by Crippen LogP contribution is 2.10. The number of pyridine rings is 1. The molecule has 1 N–H and O–H groups in total. The molecular formula is C18H25N3O2S. The third-order valence-corrected chi connectivity index (χ3v) is 5.03. The molecule has 6 heteroatoms. The van der Waals surface area contributed by atoms with E-state index in [4.69, 9.17) is 4.74 Å². The summed E-state index contributed by atoms with van der Waals surface area (Å²) in [4.78, 5) is 10.3. The smallest absolute Gasteiger partial charge is 0.0900 e. The van der Waals surface area contributed by atoms with Gasteiger partial charge in [-0.05, 0) is 23.6 Å². The van der Waals surface area contributed by atoms with Crippen LogP contribution >= 0.6 is 11.3 Å². The second kappa shape index (κ2) is 9.25. The molecule has 1 fully saturated rings. The molecule has 0 aromatic carbocycles. The van der Waals surface area contributed by atoms with Gasteiger partial charge in [0.05, 0.1) is 25.0 Å². The molecule has 0 bridgehead atoms. The van der Waals surface area contributed by atoms with Crippen molar-refractivity contribution in [3.8, 4) is 0 Å². The molecule has 1 unspecified atom stereocenters. The van der Waals surface area contributed by atoms with E-state index in [0.29, 0.717) is 19.8 Å². The lowest BCUT2D eigenvalue weighted by Crippen LogP contribution is -2.48. The second-order valence-corrected chi connectivity index (χ2v) is 7.18. The molecule has 1 aliphatic heterocycles. The lowest BCUT2D eigenvalue weighted by molar-refractivity contribution is 0.00145. The molecule has 0 spiro atoms. The molecule has 1 aliphatic rings. The summed E-state index contributed by atoms with van der Waals surface area (Å²) in [5.74, 6) is 0. The Bertz CT molecular complexity index is 571. The average Bonchev–Trinajstić information content (AvgIpc) is 3.11. The van der Waals surface area contributed by atoms with Crippen LogP contribution in [0.2, 0.25) is 0 Å². The third-order valence-electron chi connectivity index (χ3n) is 4.18. The zero-order valence-corrected chi connectivity index (χ0v) is 14.7. The number of thiophene rings is 1. The maximum Gasteiger partial charge on any atom is 0.0900 e. The number of nitrogens with zero attached hydrogens (tertiary/aromatic N) is 3. The van der Waals surface area contributed by atoms with E-state index in [0.717, 1.165) is 38.4 Å². The Morgan fingerprint density at radius 2 is 1.96 bits per heavy atom. The summed E-state index contributed by atoms with van der Waals surface area (Å²) in [6, 6.07) is 10.1. The summed E-state index contributed by atoms with van der Waals surface area (Å²) in [7, 11) is 0. The van der Waals surface area contributed by atoms with Crippen molar-refractivity contribution in [2.24, 2.45) is 0 Å². The number of aliphatic hydroxyl groups excluding tert-OH is 1. The van der Waals surface area contributed by atoms with Gasteiger partial charge in [0, 0.05) is 50.3 Å². The van der Waals surface area contributed by atoms with Crippen LogP contribution in [-0.4, -0.2) is 65.3 Å². The molecule has 130 valence electrons. The number of ether oxygens (including phenoxy) is 1. The maximum atomic E-state index is 10.1. The van der Waals surface area contributed by atoms with Crippen LogP contribution in [0.1, 0.15) is 10.6 Å². The summed E-state index contributed by atoms with van der Waals surface area (Å²) in [5.41, 5.74) is 1.12. The first kappa shape index (κ1) is 17.5. The van der Waals surface area contributed by atoms with Gasteiger partial charge >= 0.3 is 0 Å². The van der Waals surface area contributed by atoms with Crippen molar-refractivity contribution in [3.05, 3.63) is 52.5 Å². The summed E-state index contributed by atoms with van der Waals surface area (Å²) < 4.78 is 5.60. The Morgan fingerprint density at radius 3 is 2.67 bits per heavy atom. The van der Waals surface area contributed by atoms with Crippen LogP contribution < -0.4 is 0 Å². The van der Waals surface area contributed by atoms with Gasteiger partial charge in [-0.15, -0.1) is 11.3 Å². The summed E-state index contributed by atoms with van der Waals surface area (Å²) >= 11 is 1.68. The Hall–Kier alpha value is -1.31. The summed E-state index contributed by atoms with van der Waals surface area (Å²) in [5, 5.41) is 12.2. The van der Waals surface area contributed by atoms with Crippen molar-refractivity contribution >= 4 is 11.3 Å². The molecule has 3 rings (SSSR count). The zero-order chi connectivity index (χ0) is 16.6. The normalized spacial score (nSPS) is 17.9. The van der Waals surface area contributed by atoms with E-state index in [2.05, 4.69) is 26.9 Å². The van der Waals surface area contributed by atoms with Crippen molar-refractivity contribution in [1.82, 2.24) is 14.8 Å². The first-order valence-electron chi connectivity index (χ1n) is 8.42. The SMILES string of the molecule is OC(COCc1cccs1)CN1CCN(Cc2ccccn2)CC1. The quantitative estimate of drug-likeness (QED) is 0.790. The molecule has 1 saturated heterocycles. The molecule has 2 aromatic heterocycles. The molecule has 5 nitrogen and oxygen atoms in total. The van der Waals surface area contributed by atoms with Gasteiger partial charge in [-0.1, -0.05) is 12.1 Å². The van der Waals surface area contributed by atoms with Crippen LogP contribution in [0.4, 0.5) is 0 Å². The number of hydrogen-bond acceptors (Lipinski definition) is 6. The van der Waals surface area contributed by atoms with Gasteiger partial charge < -0.3 is 9.84 Å². The van der Waals surface area contributed by atoms with E-state index in [1.54, 1.807) is 11.3 Å². The van der Waals surface area contributed by atoms with Crippen LogP contribution in [0.15, 0.2) is 41.9 Å². The molecule has 24 heavy (non-hydrogen) atoms. The van der Waals surface area contributed by atoms with Crippen LogP contribution in [0, 0.1) is 0 Å². The van der Waals surface area contributed by atoms with Crippen molar-refractivity contribution in [1.29, 1.82) is 0 Å². The lowest BCUT2D eigenvalue weighted by atomic mass is 10.2. The van der Waals surface area contributed by atoms with Crippen LogP contribution in [0.3, 0.4) is 0 Å². The highest BCUT2D eigenvalue weighted by Gasteiger charge is 2.19. The Morgan fingerprint density at radius 1 is 1.12 bits per heavy atom. The topological polar surface area (TPSA) is 48.8 Å². The molecule has 0 radical (unpaired) electrons. The molecule has 2 aromatic rings. The minimum Gasteiger partial charge on any atom is -0.389 e. The largest absolute Gasteiger partial charge is 0.389 e. The Balaban J connectivity index is 1.31. The van der Waals surface area contributed by atoms with E-state index >= 15 is 0 Å². The number of rotatable bonds is 8. The number of hydrogen-bond donors (Lipinski definition) is 1. The molecule has 0 amide bonds. The van der Waals surface area contributed by atoms with Crippen LogP contribution in [0.25, 0.3) is 0 Å². The van der Waals surface area contributed by atoms with Gasteiger partial charge in [0.15, 0.2) is 0 Å². The van der Waals surface area contributed by atoms with Crippen LogP contribution in [-0.2, 0) is 17.9 Å². The standard InChI is InChI=1S/C18H25N3O2S/c22-17(14-23-15-18-5-3-11-24-18)13-21-9-7-20(8-10-21)12-16-4-1-2-6-19-16/h1-6,11,17,22H,7-10,12-15H2. The zero-order valence-electron chi connectivity index (χ0n) is 13.9. The third kappa shape index (κ3) is 5.65. The van der Waals surface area contributed by atoms with Crippen molar-refractivity contribution < 1.29 is 9.84 Å². The number of β-amino-alcohol motifs (C(OH)–C–C–N with tert-alkyl or cyclic N) is 1. The summed E-state index contributed by atoms with van der Waals surface area (Å²) in [6.07, 6.45) is 1.42. The minimum atomic E-state index is -0.424. The van der Waals surface area contributed by atoms with Crippen molar-refractivity contribution in [2.75, 3.05) is 39.3 Å². The van der Waals surface area contributed by atoms with Crippen molar-refractivity contribution in [2.45, 2.75) is 19.3 Å². The molecule has 1 atom stereocenters. The van der Waals surface area contributed by atoms with E-state index in [9.17, 15) is 5.11 Å². The monoisotopic (exact) mass is 347 g/mol. The van der Waals surface area contributed by atoms with Gasteiger partial charge in [-0.2, -0.15) is 0 Å². The van der Waals surface area contributed by atoms with Gasteiger partial charge in [0.1, 0.15) is 0 Å². The van der Waals surface area contributed by atoms with E-state index < -0.39 is 6.10 Å². The molecule has 3 heterocycles. The van der Waals surface area contributed by atoms with Gasteiger partial charge in [0.2, 0.25) is 0 Å². The number of piperazine rings is 1. The van der Waals surface area contributed by atoms with E-state index in [1.807, 2.05) is 29.8 Å². The minimum absolute atomic E-state index is 0.395. The molecular weight excluding hydrogens is 322 g/mol. The average molecular weight is 347 g/mol. The Labute approximate surface area is 147 Å². The van der Waals surface area contributed by atoms with Gasteiger partial charge in [0.25, 0.3) is 0 Å². The first-order valence-corrected chi connectivity index (χ1v) is 9.30. The van der Waals surface area contributed by atoms with Crippen molar-refractivity contribution in [3.63, 3.8) is 0 Å². The fourth-order valence-electron chi connectivity index (χ4n) is 2.89. The predicted octanol–water partition coefficient (Wildman–Crippen LogP) is 1.84. The van der Waals surface area contributed by atoms with E-state index in [-0.39, 0.29) is 0 Å². The van der Waals surface area contributed by atoms with E-state index in [1.165, 1.54) is 4.88 Å². The number of aromatic nitrogens is 1.